The summed E-state index contributed by atoms with van der Waals surface area (Å²) in [7, 11) is -3.79. The van der Waals surface area contributed by atoms with Gasteiger partial charge >= 0.3 is 0 Å². The fourth-order valence-corrected chi connectivity index (χ4v) is 6.49. The molecule has 7 heteroatoms. The van der Waals surface area contributed by atoms with Gasteiger partial charge in [-0.2, -0.15) is 16.9 Å². The van der Waals surface area contributed by atoms with Crippen molar-refractivity contribution >= 4 is 39.3 Å². The van der Waals surface area contributed by atoms with Crippen LogP contribution in [0, 0.1) is 0 Å². The van der Waals surface area contributed by atoms with Crippen LogP contribution in [-0.2, 0) is 14.8 Å². The van der Waals surface area contributed by atoms with Gasteiger partial charge in [0.15, 0.2) is 0 Å². The maximum Gasteiger partial charge on any atom is 0.244 e. The number of hydrogen-bond donors (Lipinski definition) is 1. The zero-order valence-electron chi connectivity index (χ0n) is 15.1. The van der Waals surface area contributed by atoms with Gasteiger partial charge in [0.05, 0.1) is 4.90 Å². The highest BCUT2D eigenvalue weighted by Crippen LogP contribution is 2.33. The molecule has 2 saturated heterocycles. The van der Waals surface area contributed by atoms with Crippen LogP contribution in [0.4, 0.5) is 0 Å². The zero-order valence-corrected chi connectivity index (χ0v) is 16.8. The molecule has 2 atom stereocenters. The van der Waals surface area contributed by atoms with Crippen molar-refractivity contribution in [3.05, 3.63) is 42.5 Å². The van der Waals surface area contributed by atoms with Crippen molar-refractivity contribution in [2.24, 2.45) is 0 Å². The highest BCUT2D eigenvalue weighted by molar-refractivity contribution is 7.89. The van der Waals surface area contributed by atoms with Crippen LogP contribution in [0.15, 0.2) is 47.4 Å². The van der Waals surface area contributed by atoms with Crippen LogP contribution in [0.3, 0.4) is 0 Å². The van der Waals surface area contributed by atoms with Gasteiger partial charge in [-0.25, -0.2) is 8.42 Å². The van der Waals surface area contributed by atoms with Crippen LogP contribution in [0.25, 0.3) is 10.8 Å². The van der Waals surface area contributed by atoms with E-state index in [2.05, 4.69) is 12.6 Å². The fourth-order valence-electron chi connectivity index (χ4n) is 4.15. The predicted octanol–water partition coefficient (Wildman–Crippen LogP) is 2.91. The van der Waals surface area contributed by atoms with Gasteiger partial charge in [0.2, 0.25) is 15.9 Å². The van der Waals surface area contributed by atoms with E-state index in [1.54, 1.807) is 12.1 Å². The lowest BCUT2D eigenvalue weighted by atomic mass is 10.1. The van der Waals surface area contributed by atoms with Gasteiger partial charge in [-0.3, -0.25) is 4.79 Å². The van der Waals surface area contributed by atoms with Crippen molar-refractivity contribution < 1.29 is 13.2 Å². The van der Waals surface area contributed by atoms with Gasteiger partial charge in [-0.1, -0.05) is 36.4 Å². The number of nitrogens with zero attached hydrogens (tertiary/aromatic N) is 2. The summed E-state index contributed by atoms with van der Waals surface area (Å²) in [6, 6.07) is 12.1. The van der Waals surface area contributed by atoms with Crippen molar-refractivity contribution in [2.75, 3.05) is 19.6 Å². The Morgan fingerprint density at radius 2 is 1.70 bits per heavy atom. The smallest absolute Gasteiger partial charge is 0.244 e. The van der Waals surface area contributed by atoms with E-state index in [0.717, 1.165) is 24.6 Å². The molecule has 4 rings (SSSR count). The standard InChI is InChI=1S/C20H24N2O3S2/c23-20(21-11-4-1-5-12-21)18-13-16(26)14-22(18)27(24,25)19-10-6-8-15-7-2-3-9-17(15)19/h2-3,6-10,16,18,26H,1,4-5,11-14H2/t16-,18-/m0/s1. The van der Waals surface area contributed by atoms with Crippen LogP contribution < -0.4 is 0 Å². The summed E-state index contributed by atoms with van der Waals surface area (Å²) < 4.78 is 28.4. The summed E-state index contributed by atoms with van der Waals surface area (Å²) in [5.41, 5.74) is 0. The number of likely N-dealkylation sites (tertiary alicyclic amines) is 1. The van der Waals surface area contributed by atoms with E-state index in [1.165, 1.54) is 4.31 Å². The molecule has 1 amide bonds. The molecule has 0 unspecified atom stereocenters. The van der Waals surface area contributed by atoms with Crippen molar-refractivity contribution in [1.29, 1.82) is 0 Å². The Balaban J connectivity index is 1.71. The molecule has 27 heavy (non-hydrogen) atoms. The zero-order chi connectivity index (χ0) is 19.0. The monoisotopic (exact) mass is 404 g/mol. The normalized spacial score (nSPS) is 24.4. The average molecular weight is 405 g/mol. The second-order valence-electron chi connectivity index (χ2n) is 7.34. The highest BCUT2D eigenvalue weighted by Gasteiger charge is 2.44. The number of sulfonamides is 1. The highest BCUT2D eigenvalue weighted by atomic mass is 32.2. The third-order valence-corrected chi connectivity index (χ3v) is 7.83. The lowest BCUT2D eigenvalue weighted by Crippen LogP contribution is -2.49. The molecule has 0 bridgehead atoms. The second kappa shape index (κ2) is 7.45. The molecule has 0 radical (unpaired) electrons. The first-order chi connectivity index (χ1) is 13.0. The predicted molar refractivity (Wildman–Crippen MR) is 109 cm³/mol. The lowest BCUT2D eigenvalue weighted by Gasteiger charge is -2.32. The molecule has 2 aliphatic rings. The van der Waals surface area contributed by atoms with E-state index in [4.69, 9.17) is 0 Å². The Morgan fingerprint density at radius 3 is 2.48 bits per heavy atom. The quantitative estimate of drug-likeness (QED) is 0.801. The number of thiol groups is 1. The molecule has 2 aromatic rings. The van der Waals surface area contributed by atoms with Crippen LogP contribution in [-0.4, -0.2) is 54.5 Å². The van der Waals surface area contributed by atoms with E-state index >= 15 is 0 Å². The number of carbonyl (C=O) groups excluding carboxylic acids is 1. The minimum atomic E-state index is -3.79. The molecule has 2 heterocycles. The maximum absolute atomic E-state index is 13.5. The van der Waals surface area contributed by atoms with E-state index in [0.29, 0.717) is 24.9 Å². The van der Waals surface area contributed by atoms with Crippen LogP contribution >= 0.6 is 12.6 Å². The molecule has 2 aromatic carbocycles. The van der Waals surface area contributed by atoms with Gasteiger partial charge in [-0.15, -0.1) is 0 Å². The van der Waals surface area contributed by atoms with Crippen molar-refractivity contribution in [1.82, 2.24) is 9.21 Å². The molecule has 0 aromatic heterocycles. The Hall–Kier alpha value is -1.57. The summed E-state index contributed by atoms with van der Waals surface area (Å²) in [6.07, 6.45) is 3.56. The van der Waals surface area contributed by atoms with Gasteiger partial charge in [0.25, 0.3) is 0 Å². The Kier molecular flexibility index (Phi) is 5.18. The fraction of sp³-hybridized carbons (Fsp3) is 0.450. The first kappa shape index (κ1) is 18.8. The Morgan fingerprint density at radius 1 is 1.00 bits per heavy atom. The third-order valence-electron chi connectivity index (χ3n) is 5.52. The topological polar surface area (TPSA) is 57.7 Å². The average Bonchev–Trinajstić information content (AvgIpc) is 3.10. The van der Waals surface area contributed by atoms with E-state index in [9.17, 15) is 13.2 Å². The molecule has 0 spiro atoms. The number of hydrogen-bond acceptors (Lipinski definition) is 4. The van der Waals surface area contributed by atoms with Crippen LogP contribution in [0.1, 0.15) is 25.7 Å². The number of carbonyl (C=O) groups is 1. The first-order valence-electron chi connectivity index (χ1n) is 9.45. The number of benzene rings is 2. The van der Waals surface area contributed by atoms with E-state index in [1.807, 2.05) is 35.2 Å². The minimum absolute atomic E-state index is 0.0740. The van der Waals surface area contributed by atoms with Crippen molar-refractivity contribution in [3.8, 4) is 0 Å². The second-order valence-corrected chi connectivity index (χ2v) is 9.93. The first-order valence-corrected chi connectivity index (χ1v) is 11.4. The van der Waals surface area contributed by atoms with Gasteiger partial charge in [-0.05, 0) is 37.1 Å². The molecular weight excluding hydrogens is 380 g/mol. The lowest BCUT2D eigenvalue weighted by molar-refractivity contribution is -0.135. The van der Waals surface area contributed by atoms with Gasteiger partial charge in [0.1, 0.15) is 6.04 Å². The summed E-state index contributed by atoms with van der Waals surface area (Å²) in [4.78, 5) is 15.2. The van der Waals surface area contributed by atoms with Crippen LogP contribution in [0.5, 0.6) is 0 Å². The number of rotatable bonds is 3. The molecule has 5 nitrogen and oxygen atoms in total. The minimum Gasteiger partial charge on any atom is -0.341 e. The SMILES string of the molecule is O=C([C@@H]1C[C@H](S)CN1S(=O)(=O)c1cccc2ccccc12)N1CCCCC1. The molecular formula is C20H24N2O3S2. The summed E-state index contributed by atoms with van der Waals surface area (Å²) >= 11 is 4.51. The molecule has 2 fully saturated rings. The Labute approximate surface area is 165 Å². The van der Waals surface area contributed by atoms with Crippen molar-refractivity contribution in [3.63, 3.8) is 0 Å². The van der Waals surface area contributed by atoms with E-state index in [-0.39, 0.29) is 22.6 Å². The van der Waals surface area contributed by atoms with E-state index < -0.39 is 16.1 Å². The summed E-state index contributed by atoms with van der Waals surface area (Å²) in [5, 5.41) is 1.43. The summed E-state index contributed by atoms with van der Waals surface area (Å²) in [6.45, 7) is 1.70. The Bertz CT molecular complexity index is 949. The molecule has 0 N–H and O–H groups in total. The molecule has 0 saturated carbocycles. The number of fused-ring (bicyclic) bond motifs is 1. The summed E-state index contributed by atoms with van der Waals surface area (Å²) in [5.74, 6) is -0.0740. The molecule has 0 aliphatic carbocycles. The molecule has 144 valence electrons. The molecule has 2 aliphatic heterocycles. The maximum atomic E-state index is 13.5. The largest absolute Gasteiger partial charge is 0.341 e. The number of piperidine rings is 1. The van der Waals surface area contributed by atoms with Crippen LogP contribution in [0.2, 0.25) is 0 Å². The van der Waals surface area contributed by atoms with Gasteiger partial charge < -0.3 is 4.90 Å². The van der Waals surface area contributed by atoms with Gasteiger partial charge in [0, 0.05) is 30.3 Å². The third kappa shape index (κ3) is 3.48. The number of amides is 1. The van der Waals surface area contributed by atoms with Crippen molar-refractivity contribution in [2.45, 2.75) is 41.9 Å².